The number of nitrogens with zero attached hydrogens (tertiary/aromatic N) is 6. The molecule has 0 bridgehead atoms. The Morgan fingerprint density at radius 3 is 2.64 bits per heavy atom. The van der Waals surface area contributed by atoms with E-state index < -0.39 is 0 Å². The van der Waals surface area contributed by atoms with Gasteiger partial charge >= 0.3 is 0 Å². The molecule has 0 radical (unpaired) electrons. The molecule has 5 rings (SSSR count). The van der Waals surface area contributed by atoms with Gasteiger partial charge in [-0.2, -0.15) is 5.10 Å². The van der Waals surface area contributed by atoms with Gasteiger partial charge in [-0.1, -0.05) is 0 Å². The number of aryl methyl sites for hydroxylation is 1. The van der Waals surface area contributed by atoms with E-state index in [1.165, 1.54) is 36.9 Å². The van der Waals surface area contributed by atoms with E-state index in [-0.39, 0.29) is 0 Å². The predicted molar refractivity (Wildman–Crippen MR) is 97.1 cm³/mol. The van der Waals surface area contributed by atoms with Gasteiger partial charge in [-0.25, -0.2) is 9.97 Å². The fourth-order valence-electron chi connectivity index (χ4n) is 3.97. The number of hydrogen-bond donors (Lipinski definition) is 0. The average molecular weight is 336 g/mol. The Morgan fingerprint density at radius 1 is 1.04 bits per heavy atom. The Labute approximate surface area is 148 Å². The monoisotopic (exact) mass is 336 g/mol. The van der Waals surface area contributed by atoms with E-state index in [2.05, 4.69) is 49.1 Å². The molecule has 1 saturated carbocycles. The van der Waals surface area contributed by atoms with Crippen LogP contribution in [0.2, 0.25) is 0 Å². The van der Waals surface area contributed by atoms with Crippen molar-refractivity contribution in [3.05, 3.63) is 35.4 Å². The van der Waals surface area contributed by atoms with E-state index in [1.807, 2.05) is 0 Å². The number of aromatic nitrogens is 4. The van der Waals surface area contributed by atoms with Crippen molar-refractivity contribution in [2.75, 3.05) is 29.9 Å². The molecule has 6 nitrogen and oxygen atoms in total. The van der Waals surface area contributed by atoms with Crippen LogP contribution in [0.25, 0.3) is 0 Å². The van der Waals surface area contributed by atoms with Crippen molar-refractivity contribution < 1.29 is 0 Å². The standard InChI is InChI=1S/C19H24N6/c1-24(19-15-4-2-3-5-17(15)20-12-21-19)14-10-25(11-14)18-9-8-16(22-23-18)13-6-7-13/h8-9,12-14H,2-7,10-11H2,1H3. The Balaban J connectivity index is 1.27. The molecule has 0 atom stereocenters. The summed E-state index contributed by atoms with van der Waals surface area (Å²) in [5.74, 6) is 2.80. The molecular formula is C19H24N6. The highest BCUT2D eigenvalue weighted by atomic mass is 15.4. The molecule has 3 heterocycles. The molecule has 0 aromatic carbocycles. The van der Waals surface area contributed by atoms with Crippen molar-refractivity contribution in [2.24, 2.45) is 0 Å². The number of likely N-dealkylation sites (N-methyl/N-ethyl adjacent to an activating group) is 1. The van der Waals surface area contributed by atoms with Crippen LogP contribution in [0.1, 0.15) is 48.6 Å². The van der Waals surface area contributed by atoms with Gasteiger partial charge in [-0.15, -0.1) is 5.10 Å². The lowest BCUT2D eigenvalue weighted by atomic mass is 9.95. The third-order valence-corrected chi connectivity index (χ3v) is 5.84. The molecule has 1 aliphatic heterocycles. The highest BCUT2D eigenvalue weighted by molar-refractivity contribution is 5.53. The van der Waals surface area contributed by atoms with Crippen LogP contribution in [-0.2, 0) is 12.8 Å². The summed E-state index contributed by atoms with van der Waals surface area (Å²) in [6.07, 6.45) is 8.98. The van der Waals surface area contributed by atoms with Gasteiger partial charge in [0.15, 0.2) is 5.82 Å². The lowest BCUT2D eigenvalue weighted by molar-refractivity contribution is 0.484. The number of rotatable bonds is 4. The van der Waals surface area contributed by atoms with Gasteiger partial charge in [-0.05, 0) is 50.7 Å². The van der Waals surface area contributed by atoms with Crippen LogP contribution >= 0.6 is 0 Å². The molecule has 0 unspecified atom stereocenters. The molecule has 2 aliphatic carbocycles. The number of hydrogen-bond acceptors (Lipinski definition) is 6. The molecule has 130 valence electrons. The van der Waals surface area contributed by atoms with Gasteiger partial charge in [0.05, 0.1) is 11.7 Å². The Kier molecular flexibility index (Phi) is 3.57. The van der Waals surface area contributed by atoms with Crippen LogP contribution in [0, 0.1) is 0 Å². The molecule has 2 aromatic heterocycles. The van der Waals surface area contributed by atoms with E-state index in [1.54, 1.807) is 6.33 Å². The minimum Gasteiger partial charge on any atom is -0.353 e. The summed E-state index contributed by atoms with van der Waals surface area (Å²) in [7, 11) is 2.17. The third-order valence-electron chi connectivity index (χ3n) is 5.84. The van der Waals surface area contributed by atoms with Gasteiger partial charge in [0.1, 0.15) is 12.1 Å². The van der Waals surface area contributed by atoms with Crippen LogP contribution in [0.15, 0.2) is 18.5 Å². The predicted octanol–water partition coefficient (Wildman–Crippen LogP) is 2.35. The molecule has 0 amide bonds. The zero-order valence-electron chi connectivity index (χ0n) is 14.7. The van der Waals surface area contributed by atoms with Crippen LogP contribution in [0.5, 0.6) is 0 Å². The SMILES string of the molecule is CN(c1ncnc2c1CCCC2)C1CN(c2ccc(C3CC3)nn2)C1. The van der Waals surface area contributed by atoms with Crippen molar-refractivity contribution in [1.82, 2.24) is 20.2 Å². The second-order valence-corrected chi connectivity index (χ2v) is 7.59. The summed E-state index contributed by atoms with van der Waals surface area (Å²) in [5, 5.41) is 8.83. The number of anilines is 2. The van der Waals surface area contributed by atoms with E-state index >= 15 is 0 Å². The molecule has 6 heteroatoms. The summed E-state index contributed by atoms with van der Waals surface area (Å²) in [5.41, 5.74) is 3.77. The Morgan fingerprint density at radius 2 is 1.88 bits per heavy atom. The first-order chi connectivity index (χ1) is 12.3. The molecular weight excluding hydrogens is 312 g/mol. The van der Waals surface area contributed by atoms with Crippen molar-refractivity contribution in [3.63, 3.8) is 0 Å². The summed E-state index contributed by atoms with van der Waals surface area (Å²) in [6, 6.07) is 4.76. The zero-order valence-corrected chi connectivity index (χ0v) is 14.7. The van der Waals surface area contributed by atoms with E-state index in [9.17, 15) is 0 Å². The lowest BCUT2D eigenvalue weighted by Gasteiger charge is -2.45. The molecule has 2 fully saturated rings. The molecule has 0 spiro atoms. The molecule has 2 aromatic rings. The van der Waals surface area contributed by atoms with E-state index in [0.717, 1.165) is 43.3 Å². The fourth-order valence-corrected chi connectivity index (χ4v) is 3.97. The molecule has 0 N–H and O–H groups in total. The minimum atomic E-state index is 0.478. The second-order valence-electron chi connectivity index (χ2n) is 7.59. The molecule has 25 heavy (non-hydrogen) atoms. The quantitative estimate of drug-likeness (QED) is 0.854. The van der Waals surface area contributed by atoms with Crippen LogP contribution < -0.4 is 9.80 Å². The van der Waals surface area contributed by atoms with Gasteiger partial charge in [0.25, 0.3) is 0 Å². The van der Waals surface area contributed by atoms with E-state index in [0.29, 0.717) is 12.0 Å². The highest BCUT2D eigenvalue weighted by Crippen LogP contribution is 2.39. The average Bonchev–Trinajstić information content (AvgIpc) is 3.45. The maximum absolute atomic E-state index is 4.60. The first-order valence-corrected chi connectivity index (χ1v) is 9.44. The zero-order chi connectivity index (χ0) is 16.8. The van der Waals surface area contributed by atoms with Crippen molar-refractivity contribution >= 4 is 11.6 Å². The minimum absolute atomic E-state index is 0.478. The summed E-state index contributed by atoms with van der Waals surface area (Å²) in [4.78, 5) is 13.7. The lowest BCUT2D eigenvalue weighted by Crippen LogP contribution is -2.59. The van der Waals surface area contributed by atoms with Crippen LogP contribution in [-0.4, -0.2) is 46.3 Å². The summed E-state index contributed by atoms with van der Waals surface area (Å²) < 4.78 is 0. The Hall–Kier alpha value is -2.24. The normalized spacial score (nSPS) is 20.1. The van der Waals surface area contributed by atoms with Crippen LogP contribution in [0.4, 0.5) is 11.6 Å². The molecule has 1 saturated heterocycles. The van der Waals surface area contributed by atoms with Gasteiger partial charge in [0.2, 0.25) is 0 Å². The van der Waals surface area contributed by atoms with Crippen molar-refractivity contribution in [2.45, 2.75) is 50.5 Å². The number of fused-ring (bicyclic) bond motifs is 1. The van der Waals surface area contributed by atoms with Crippen molar-refractivity contribution in [1.29, 1.82) is 0 Å². The Bertz CT molecular complexity index is 764. The van der Waals surface area contributed by atoms with Gasteiger partial charge < -0.3 is 9.80 Å². The largest absolute Gasteiger partial charge is 0.353 e. The topological polar surface area (TPSA) is 58.0 Å². The smallest absolute Gasteiger partial charge is 0.151 e. The van der Waals surface area contributed by atoms with Crippen LogP contribution in [0.3, 0.4) is 0 Å². The maximum Gasteiger partial charge on any atom is 0.151 e. The highest BCUT2D eigenvalue weighted by Gasteiger charge is 2.34. The third kappa shape index (κ3) is 2.73. The maximum atomic E-state index is 4.60. The summed E-state index contributed by atoms with van der Waals surface area (Å²) >= 11 is 0. The van der Waals surface area contributed by atoms with Crippen molar-refractivity contribution in [3.8, 4) is 0 Å². The first kappa shape index (κ1) is 15.0. The van der Waals surface area contributed by atoms with Gasteiger partial charge in [-0.3, -0.25) is 0 Å². The fraction of sp³-hybridized carbons (Fsp3) is 0.579. The van der Waals surface area contributed by atoms with Gasteiger partial charge in [0, 0.05) is 37.3 Å². The first-order valence-electron chi connectivity index (χ1n) is 9.44. The second kappa shape index (κ2) is 5.93. The molecule has 3 aliphatic rings. The summed E-state index contributed by atoms with van der Waals surface area (Å²) in [6.45, 7) is 1.96. The van der Waals surface area contributed by atoms with E-state index in [4.69, 9.17) is 0 Å².